The molecule has 0 saturated carbocycles. The molecular formula is C14H16N4O5. The Labute approximate surface area is 131 Å². The molecule has 9 heteroatoms. The maximum absolute atomic E-state index is 12.2. The summed E-state index contributed by atoms with van der Waals surface area (Å²) in [4.78, 5) is 22.8. The molecular weight excluding hydrogens is 304 g/mol. The molecule has 0 radical (unpaired) electrons. The highest BCUT2D eigenvalue weighted by atomic mass is 16.5. The number of rotatable bonds is 7. The summed E-state index contributed by atoms with van der Waals surface area (Å²) in [7, 11) is 2.98. The van der Waals surface area contributed by atoms with Gasteiger partial charge in [0.25, 0.3) is 5.91 Å². The number of amides is 1. The molecule has 0 saturated heterocycles. The van der Waals surface area contributed by atoms with Gasteiger partial charge < -0.3 is 19.9 Å². The lowest BCUT2D eigenvalue weighted by atomic mass is 10.1. The number of carboxylic acid groups (broad SMARTS) is 1. The minimum absolute atomic E-state index is 0.119. The summed E-state index contributed by atoms with van der Waals surface area (Å²) in [6, 6.07) is 4.85. The second-order valence-electron chi connectivity index (χ2n) is 4.55. The number of nitrogens with one attached hydrogen (secondary N) is 1. The fourth-order valence-corrected chi connectivity index (χ4v) is 1.89. The molecule has 0 spiro atoms. The summed E-state index contributed by atoms with van der Waals surface area (Å²) < 4.78 is 11.4. The Kier molecular flexibility index (Phi) is 5.13. The normalized spacial score (nSPS) is 10.2. The van der Waals surface area contributed by atoms with Gasteiger partial charge in [-0.2, -0.15) is 0 Å². The van der Waals surface area contributed by atoms with Gasteiger partial charge in [0, 0.05) is 6.07 Å². The van der Waals surface area contributed by atoms with E-state index in [2.05, 4.69) is 15.6 Å². The van der Waals surface area contributed by atoms with Crippen LogP contribution >= 0.6 is 0 Å². The third kappa shape index (κ3) is 4.19. The minimum atomic E-state index is -1.02. The molecule has 0 fully saturated rings. The number of aromatic nitrogens is 3. The van der Waals surface area contributed by atoms with Crippen LogP contribution in [-0.4, -0.2) is 46.2 Å². The summed E-state index contributed by atoms with van der Waals surface area (Å²) in [6.07, 6.45) is 1.46. The van der Waals surface area contributed by atoms with Crippen LogP contribution in [0.5, 0.6) is 11.5 Å². The smallest absolute Gasteiger partial charge is 0.325 e. The lowest BCUT2D eigenvalue weighted by molar-refractivity contribution is -0.137. The molecule has 2 rings (SSSR count). The van der Waals surface area contributed by atoms with Crippen molar-refractivity contribution in [3.05, 3.63) is 35.7 Å². The molecule has 1 heterocycles. The number of carbonyl (C=O) groups excluding carboxylic acids is 1. The number of hydrogen-bond donors (Lipinski definition) is 2. The molecule has 0 aliphatic carbocycles. The van der Waals surface area contributed by atoms with Crippen LogP contribution in [0.2, 0.25) is 0 Å². The monoisotopic (exact) mass is 320 g/mol. The van der Waals surface area contributed by atoms with Crippen molar-refractivity contribution < 1.29 is 24.2 Å². The topological polar surface area (TPSA) is 116 Å². The van der Waals surface area contributed by atoms with Crippen molar-refractivity contribution in [2.75, 3.05) is 14.2 Å². The van der Waals surface area contributed by atoms with Crippen molar-refractivity contribution >= 4 is 11.9 Å². The molecule has 1 amide bonds. The van der Waals surface area contributed by atoms with E-state index in [0.29, 0.717) is 22.8 Å². The van der Waals surface area contributed by atoms with Crippen molar-refractivity contribution in [1.82, 2.24) is 20.3 Å². The highest BCUT2D eigenvalue weighted by molar-refractivity contribution is 5.97. The Morgan fingerprint density at radius 3 is 2.74 bits per heavy atom. The van der Waals surface area contributed by atoms with Gasteiger partial charge in [-0.15, -0.1) is 5.10 Å². The first-order chi connectivity index (χ1) is 11.0. The van der Waals surface area contributed by atoms with E-state index in [-0.39, 0.29) is 19.0 Å². The highest BCUT2D eigenvalue weighted by Crippen LogP contribution is 2.24. The van der Waals surface area contributed by atoms with Gasteiger partial charge in [0.2, 0.25) is 0 Å². The van der Waals surface area contributed by atoms with Gasteiger partial charge in [-0.05, 0) is 12.1 Å². The number of ether oxygens (including phenoxy) is 2. The Bertz CT molecular complexity index is 713. The summed E-state index contributed by atoms with van der Waals surface area (Å²) in [5, 5.41) is 18.8. The van der Waals surface area contributed by atoms with Gasteiger partial charge in [0.1, 0.15) is 23.7 Å². The quantitative estimate of drug-likeness (QED) is 0.754. The SMILES string of the molecule is COc1ccc(C(=O)NCc2cn(CC(=O)O)nn2)c(OC)c1. The van der Waals surface area contributed by atoms with E-state index in [9.17, 15) is 9.59 Å². The first-order valence-electron chi connectivity index (χ1n) is 6.64. The number of nitrogens with zero attached hydrogens (tertiary/aromatic N) is 3. The van der Waals surface area contributed by atoms with Crippen molar-refractivity contribution in [1.29, 1.82) is 0 Å². The Balaban J connectivity index is 2.02. The fraction of sp³-hybridized carbons (Fsp3) is 0.286. The van der Waals surface area contributed by atoms with Crippen molar-refractivity contribution in [2.24, 2.45) is 0 Å². The van der Waals surface area contributed by atoms with Gasteiger partial charge in [-0.25, -0.2) is 4.68 Å². The van der Waals surface area contributed by atoms with Crippen LogP contribution in [0, 0.1) is 0 Å². The molecule has 9 nitrogen and oxygen atoms in total. The van der Waals surface area contributed by atoms with Crippen LogP contribution in [0.3, 0.4) is 0 Å². The minimum Gasteiger partial charge on any atom is -0.497 e. The van der Waals surface area contributed by atoms with Crippen LogP contribution in [0.1, 0.15) is 16.1 Å². The summed E-state index contributed by atoms with van der Waals surface area (Å²) >= 11 is 0. The first kappa shape index (κ1) is 16.3. The second kappa shape index (κ2) is 7.25. The average molecular weight is 320 g/mol. The molecule has 0 aliphatic heterocycles. The van der Waals surface area contributed by atoms with E-state index >= 15 is 0 Å². The number of carbonyl (C=O) groups is 2. The van der Waals surface area contributed by atoms with E-state index < -0.39 is 5.97 Å². The van der Waals surface area contributed by atoms with Gasteiger partial charge in [0.05, 0.1) is 32.5 Å². The van der Waals surface area contributed by atoms with Crippen LogP contribution < -0.4 is 14.8 Å². The number of benzene rings is 1. The summed E-state index contributed by atoms with van der Waals surface area (Å²) in [5.41, 5.74) is 0.804. The highest BCUT2D eigenvalue weighted by Gasteiger charge is 2.14. The molecule has 122 valence electrons. The van der Waals surface area contributed by atoms with Gasteiger partial charge in [-0.3, -0.25) is 9.59 Å². The number of carboxylic acids is 1. The molecule has 0 aliphatic rings. The predicted octanol–water partition coefficient (Wildman–Crippen LogP) is 0.310. The first-order valence-corrected chi connectivity index (χ1v) is 6.64. The number of hydrogen-bond acceptors (Lipinski definition) is 6. The molecule has 2 N–H and O–H groups in total. The van der Waals surface area contributed by atoms with Crippen LogP contribution in [0.15, 0.2) is 24.4 Å². The van der Waals surface area contributed by atoms with Crippen LogP contribution in [0.25, 0.3) is 0 Å². The average Bonchev–Trinajstić information content (AvgIpc) is 2.98. The van der Waals surface area contributed by atoms with Gasteiger partial charge >= 0.3 is 5.97 Å². The zero-order chi connectivity index (χ0) is 16.8. The van der Waals surface area contributed by atoms with E-state index in [1.165, 1.54) is 25.1 Å². The maximum Gasteiger partial charge on any atom is 0.325 e. The summed E-state index contributed by atoms with van der Waals surface area (Å²) in [5.74, 6) is -0.405. The summed E-state index contributed by atoms with van der Waals surface area (Å²) in [6.45, 7) is -0.166. The molecule has 1 aromatic carbocycles. The number of methoxy groups -OCH3 is 2. The van der Waals surface area contributed by atoms with Crippen molar-refractivity contribution in [3.8, 4) is 11.5 Å². The van der Waals surface area contributed by atoms with Crippen molar-refractivity contribution in [2.45, 2.75) is 13.1 Å². The van der Waals surface area contributed by atoms with Crippen LogP contribution in [-0.2, 0) is 17.9 Å². The number of aliphatic carboxylic acids is 1. The molecule has 2 aromatic rings. The molecule has 0 atom stereocenters. The van der Waals surface area contributed by atoms with E-state index in [1.54, 1.807) is 18.2 Å². The lowest BCUT2D eigenvalue weighted by Crippen LogP contribution is -2.23. The van der Waals surface area contributed by atoms with Crippen LogP contribution in [0.4, 0.5) is 0 Å². The van der Waals surface area contributed by atoms with Crippen molar-refractivity contribution in [3.63, 3.8) is 0 Å². The predicted molar refractivity (Wildman–Crippen MR) is 78.4 cm³/mol. The Hall–Kier alpha value is -3.10. The second-order valence-corrected chi connectivity index (χ2v) is 4.55. The maximum atomic E-state index is 12.2. The Morgan fingerprint density at radius 1 is 1.30 bits per heavy atom. The third-order valence-electron chi connectivity index (χ3n) is 2.97. The standard InChI is InChI=1S/C14H16N4O5/c1-22-10-3-4-11(12(5-10)23-2)14(21)15-6-9-7-18(17-16-9)8-13(19)20/h3-5,7H,6,8H2,1-2H3,(H,15,21)(H,19,20). The van der Waals surface area contributed by atoms with E-state index in [0.717, 1.165) is 0 Å². The van der Waals surface area contributed by atoms with Gasteiger partial charge in [0.15, 0.2) is 0 Å². The molecule has 0 bridgehead atoms. The van der Waals surface area contributed by atoms with E-state index in [1.807, 2.05) is 0 Å². The zero-order valence-corrected chi connectivity index (χ0v) is 12.6. The largest absolute Gasteiger partial charge is 0.497 e. The molecule has 1 aromatic heterocycles. The third-order valence-corrected chi connectivity index (χ3v) is 2.97. The fourth-order valence-electron chi connectivity index (χ4n) is 1.89. The van der Waals surface area contributed by atoms with E-state index in [4.69, 9.17) is 14.6 Å². The molecule has 23 heavy (non-hydrogen) atoms. The Morgan fingerprint density at radius 2 is 2.09 bits per heavy atom. The molecule has 0 unspecified atom stereocenters. The van der Waals surface area contributed by atoms with Gasteiger partial charge in [-0.1, -0.05) is 5.21 Å². The zero-order valence-electron chi connectivity index (χ0n) is 12.6. The lowest BCUT2D eigenvalue weighted by Gasteiger charge is -2.10.